The molecule has 0 unspecified atom stereocenters. The molecular weight excluding hydrogens is 621 g/mol. The summed E-state index contributed by atoms with van der Waals surface area (Å²) in [5.41, 5.74) is 2.78. The molecular formula is C48H32N2O. The van der Waals surface area contributed by atoms with Crippen molar-refractivity contribution in [3.8, 4) is 27.9 Å². The highest BCUT2D eigenvalue weighted by atomic mass is 16.3. The lowest BCUT2D eigenvalue weighted by Gasteiger charge is -2.26. The zero-order valence-electron chi connectivity index (χ0n) is 40.7. The molecule has 3 nitrogen and oxygen atoms in total. The summed E-state index contributed by atoms with van der Waals surface area (Å²) in [7, 11) is 0. The molecule has 10 aromatic rings. The topological polar surface area (TPSA) is 21.3 Å². The van der Waals surface area contributed by atoms with Crippen LogP contribution in [-0.2, 0) is 0 Å². The Bertz CT molecular complexity index is 3550. The monoisotopic (exact) mass is 666 g/mol. The van der Waals surface area contributed by atoms with Crippen molar-refractivity contribution in [2.45, 2.75) is 0 Å². The van der Waals surface area contributed by atoms with Crippen LogP contribution in [0.3, 0.4) is 0 Å². The number of furan rings is 1. The molecule has 0 aliphatic rings. The number of para-hydroxylation sites is 4. The Morgan fingerprint density at radius 2 is 1.06 bits per heavy atom. The molecule has 3 heteroatoms. The molecule has 0 saturated heterocycles. The van der Waals surface area contributed by atoms with Gasteiger partial charge in [0, 0.05) is 49.9 Å². The average molecular weight is 667 g/mol. The fraction of sp³-hybridized carbons (Fsp3) is 0. The molecule has 0 aliphatic heterocycles. The molecule has 2 aromatic heterocycles. The first-order chi connectivity index (χ1) is 31.1. The van der Waals surface area contributed by atoms with Gasteiger partial charge < -0.3 is 13.9 Å². The van der Waals surface area contributed by atoms with E-state index in [1.54, 1.807) is 18.2 Å². The Morgan fingerprint density at radius 3 is 1.78 bits per heavy atom. The summed E-state index contributed by atoms with van der Waals surface area (Å²) < 4.78 is 132. The molecule has 0 bridgehead atoms. The molecule has 0 spiro atoms. The number of fused-ring (bicyclic) bond motifs is 6. The van der Waals surface area contributed by atoms with Gasteiger partial charge >= 0.3 is 0 Å². The summed E-state index contributed by atoms with van der Waals surface area (Å²) in [6, 6.07) is 24.1. The van der Waals surface area contributed by atoms with E-state index < -0.39 is 107 Å². The van der Waals surface area contributed by atoms with Crippen LogP contribution in [0.5, 0.6) is 0 Å². The van der Waals surface area contributed by atoms with Crippen LogP contribution in [0.1, 0.15) is 19.2 Å². The quantitative estimate of drug-likeness (QED) is 0.176. The minimum absolute atomic E-state index is 0.0798. The second-order valence-electron chi connectivity index (χ2n) is 11.9. The predicted octanol–water partition coefficient (Wildman–Crippen LogP) is 13.5. The Labute approximate surface area is 315 Å². The van der Waals surface area contributed by atoms with E-state index in [2.05, 4.69) is 16.7 Å². The number of hydrogen-bond acceptors (Lipinski definition) is 2. The fourth-order valence-electron chi connectivity index (χ4n) is 6.81. The van der Waals surface area contributed by atoms with Crippen LogP contribution < -0.4 is 4.90 Å². The molecule has 51 heavy (non-hydrogen) atoms. The number of hydrogen-bond donors (Lipinski definition) is 0. The van der Waals surface area contributed by atoms with Gasteiger partial charge in [-0.05, 0) is 83.3 Å². The van der Waals surface area contributed by atoms with Gasteiger partial charge in [-0.3, -0.25) is 0 Å². The lowest BCUT2D eigenvalue weighted by Crippen LogP contribution is -2.10. The van der Waals surface area contributed by atoms with Crippen molar-refractivity contribution in [3.63, 3.8) is 0 Å². The van der Waals surface area contributed by atoms with Crippen molar-refractivity contribution in [1.29, 1.82) is 0 Å². The van der Waals surface area contributed by atoms with Crippen LogP contribution in [-0.4, -0.2) is 4.57 Å². The lowest BCUT2D eigenvalue weighted by molar-refractivity contribution is 0.670. The predicted molar refractivity (Wildman–Crippen MR) is 214 cm³/mol. The molecule has 10 rings (SSSR count). The van der Waals surface area contributed by atoms with Crippen LogP contribution in [0.25, 0.3) is 71.7 Å². The van der Waals surface area contributed by atoms with Gasteiger partial charge in [0.15, 0.2) is 0 Å². The van der Waals surface area contributed by atoms with Gasteiger partial charge in [0.2, 0.25) is 0 Å². The average Bonchev–Trinajstić information content (AvgIpc) is 3.87. The smallest absolute Gasteiger partial charge is 0.143 e. The number of aromatic nitrogens is 1. The van der Waals surface area contributed by atoms with Gasteiger partial charge in [0.1, 0.15) is 11.2 Å². The third-order valence-corrected chi connectivity index (χ3v) is 9.01. The molecule has 0 saturated carbocycles. The van der Waals surface area contributed by atoms with Crippen molar-refractivity contribution in [1.82, 2.24) is 4.57 Å². The van der Waals surface area contributed by atoms with Crippen molar-refractivity contribution < 1.29 is 23.6 Å². The Balaban J connectivity index is 1.30. The number of benzene rings is 8. The third kappa shape index (κ3) is 4.90. The van der Waals surface area contributed by atoms with E-state index in [0.717, 1.165) is 32.4 Å². The molecule has 0 radical (unpaired) electrons. The van der Waals surface area contributed by atoms with Crippen molar-refractivity contribution >= 4 is 60.8 Å². The van der Waals surface area contributed by atoms with Crippen LogP contribution in [0.2, 0.25) is 0 Å². The lowest BCUT2D eigenvalue weighted by atomic mass is 9.99. The SMILES string of the molecule is [2H]c1c([2H])c([2H])c(-c2c([2H])c([2H])c(N(c3cc(-c4cccc(-n5c6ccccc6c6ccccc65)c4)c4oc5ccccc5c4c3)c3c([2H])c([2H])c([2H])c([2H])c3[2H])c([2H])c2[2H])c([2H])c1[2H]. The highest BCUT2D eigenvalue weighted by Gasteiger charge is 2.20. The normalized spacial score (nSPS) is 15.4. The molecule has 0 N–H and O–H groups in total. The van der Waals surface area contributed by atoms with Gasteiger partial charge in [-0.25, -0.2) is 0 Å². The summed E-state index contributed by atoms with van der Waals surface area (Å²) in [6.07, 6.45) is 0. The van der Waals surface area contributed by atoms with E-state index in [1.165, 1.54) is 0 Å². The van der Waals surface area contributed by atoms with Gasteiger partial charge in [-0.15, -0.1) is 0 Å². The Morgan fingerprint density at radius 1 is 0.451 bits per heavy atom. The van der Waals surface area contributed by atoms with Crippen LogP contribution in [0.4, 0.5) is 17.1 Å². The van der Waals surface area contributed by atoms with Gasteiger partial charge in [-0.2, -0.15) is 0 Å². The van der Waals surface area contributed by atoms with Gasteiger partial charge in [0.05, 0.1) is 30.2 Å². The van der Waals surface area contributed by atoms with Crippen LogP contribution in [0, 0.1) is 0 Å². The molecule has 0 atom stereocenters. The first-order valence-corrected chi connectivity index (χ1v) is 16.2. The summed E-state index contributed by atoms with van der Waals surface area (Å²) in [5.74, 6) is 0. The van der Waals surface area contributed by atoms with Crippen LogP contribution in [0.15, 0.2) is 198 Å². The molecule has 0 aliphatic carbocycles. The maximum absolute atomic E-state index is 9.49. The van der Waals surface area contributed by atoms with E-state index in [-0.39, 0.29) is 5.69 Å². The maximum Gasteiger partial charge on any atom is 0.143 e. The van der Waals surface area contributed by atoms with Crippen molar-refractivity contribution in [2.24, 2.45) is 0 Å². The fourth-order valence-corrected chi connectivity index (χ4v) is 6.81. The van der Waals surface area contributed by atoms with E-state index in [0.29, 0.717) is 33.1 Å². The Kier molecular flexibility index (Phi) is 4.27. The van der Waals surface area contributed by atoms with E-state index in [1.807, 2.05) is 78.9 Å². The zero-order chi connectivity index (χ0) is 45.9. The van der Waals surface area contributed by atoms with E-state index in [9.17, 15) is 8.22 Å². The highest BCUT2D eigenvalue weighted by molar-refractivity contribution is 6.12. The standard InChI is InChI=1S/C48H32N2O/c1-3-14-33(15-4-1)34-26-28-37(29-27-34)49(36-17-5-2-6-18-36)39-31-43(48-44(32-39)42-22-9-12-25-47(42)51-48)35-16-13-19-38(30-35)50-45-23-10-7-20-40(45)41-21-8-11-24-46(41)50/h1-32H/i1D,2D,3D,4D,5D,6D,14D,15D,17D,18D,26D,27D,28D,29D. The van der Waals surface area contributed by atoms with Crippen molar-refractivity contribution in [3.05, 3.63) is 194 Å². The zero-order valence-corrected chi connectivity index (χ0v) is 26.7. The second kappa shape index (κ2) is 11.9. The maximum atomic E-state index is 9.49. The first kappa shape index (κ1) is 18.2. The Hall–Kier alpha value is -6.84. The molecule has 0 fully saturated rings. The van der Waals surface area contributed by atoms with E-state index >= 15 is 0 Å². The summed E-state index contributed by atoms with van der Waals surface area (Å²) in [6.45, 7) is 0. The largest absolute Gasteiger partial charge is 0.455 e. The summed E-state index contributed by atoms with van der Waals surface area (Å²) in [4.78, 5) is 1.11. The second-order valence-corrected chi connectivity index (χ2v) is 11.9. The minimum Gasteiger partial charge on any atom is -0.455 e. The van der Waals surface area contributed by atoms with Gasteiger partial charge in [0.25, 0.3) is 0 Å². The van der Waals surface area contributed by atoms with E-state index in [4.69, 9.17) is 15.4 Å². The number of nitrogens with zero attached hydrogens (tertiary/aromatic N) is 2. The summed E-state index contributed by atoms with van der Waals surface area (Å²) >= 11 is 0. The van der Waals surface area contributed by atoms with Crippen LogP contribution >= 0.6 is 0 Å². The van der Waals surface area contributed by atoms with Gasteiger partial charge in [-0.1, -0.05) is 127 Å². The first-order valence-electron chi connectivity index (χ1n) is 23.2. The number of rotatable bonds is 6. The molecule has 0 amide bonds. The molecule has 8 aromatic carbocycles. The molecule has 240 valence electrons. The van der Waals surface area contributed by atoms with Crippen molar-refractivity contribution in [2.75, 3.05) is 4.90 Å². The number of anilines is 3. The third-order valence-electron chi connectivity index (χ3n) is 9.01. The summed E-state index contributed by atoms with van der Waals surface area (Å²) in [5, 5.41) is 3.30. The molecule has 2 heterocycles. The highest BCUT2D eigenvalue weighted by Crippen LogP contribution is 2.44. The minimum atomic E-state index is -0.786.